The molecule has 2 fully saturated rings. The molecule has 2 aromatic rings. The Morgan fingerprint density at radius 1 is 1.00 bits per heavy atom. The molecule has 1 amide bonds. The zero-order valence-electron chi connectivity index (χ0n) is 16.8. The quantitative estimate of drug-likeness (QED) is 0.890. The summed E-state index contributed by atoms with van der Waals surface area (Å²) >= 11 is 0. The van der Waals surface area contributed by atoms with Gasteiger partial charge in [-0.3, -0.25) is 9.69 Å². The van der Waals surface area contributed by atoms with E-state index in [9.17, 15) is 9.90 Å². The van der Waals surface area contributed by atoms with Crippen molar-refractivity contribution < 1.29 is 9.90 Å². The van der Waals surface area contributed by atoms with Crippen LogP contribution in [0.1, 0.15) is 36.8 Å². The van der Waals surface area contributed by atoms with Gasteiger partial charge in [-0.2, -0.15) is 0 Å². The van der Waals surface area contributed by atoms with E-state index in [1.165, 1.54) is 22.3 Å². The van der Waals surface area contributed by atoms with E-state index in [0.29, 0.717) is 6.04 Å². The van der Waals surface area contributed by atoms with Crippen LogP contribution in [-0.2, 0) is 4.79 Å². The van der Waals surface area contributed by atoms with Crippen molar-refractivity contribution in [1.82, 2.24) is 9.80 Å². The molecule has 148 valence electrons. The fourth-order valence-corrected chi connectivity index (χ4v) is 4.87. The van der Waals surface area contributed by atoms with Gasteiger partial charge in [0, 0.05) is 38.0 Å². The lowest BCUT2D eigenvalue weighted by atomic mass is 9.74. The Hall–Kier alpha value is -2.17. The Bertz CT molecular complexity index is 816. The zero-order chi connectivity index (χ0) is 19.7. The van der Waals surface area contributed by atoms with Crippen LogP contribution < -0.4 is 0 Å². The summed E-state index contributed by atoms with van der Waals surface area (Å²) in [6.07, 6.45) is 2.12. The van der Waals surface area contributed by atoms with Crippen LogP contribution in [0.4, 0.5) is 0 Å². The molecule has 0 spiro atoms. The molecule has 2 heterocycles. The van der Waals surface area contributed by atoms with Gasteiger partial charge in [-0.05, 0) is 43.0 Å². The first kappa shape index (κ1) is 19.2. The number of benzene rings is 2. The number of aliphatic hydroxyl groups is 1. The van der Waals surface area contributed by atoms with Crippen LogP contribution in [0.3, 0.4) is 0 Å². The molecule has 1 N–H and O–H groups in total. The average molecular weight is 379 g/mol. The first-order chi connectivity index (χ1) is 13.6. The fourth-order valence-electron chi connectivity index (χ4n) is 4.87. The molecule has 2 aliphatic rings. The molecule has 0 radical (unpaired) electrons. The molecule has 0 bridgehead atoms. The third-order valence-corrected chi connectivity index (χ3v) is 6.50. The lowest BCUT2D eigenvalue weighted by Gasteiger charge is -2.57. The number of fused-ring (bicyclic) bond motifs is 1. The highest BCUT2D eigenvalue weighted by Gasteiger charge is 2.49. The molecule has 28 heavy (non-hydrogen) atoms. The van der Waals surface area contributed by atoms with E-state index >= 15 is 0 Å². The molecular formula is C24H30N2O2. The molecule has 2 saturated heterocycles. The van der Waals surface area contributed by atoms with E-state index in [1.54, 1.807) is 6.92 Å². The van der Waals surface area contributed by atoms with E-state index in [0.717, 1.165) is 32.5 Å². The first-order valence-corrected chi connectivity index (χ1v) is 10.4. The highest BCUT2D eigenvalue weighted by Crippen LogP contribution is 2.42. The number of hydrogen-bond donors (Lipinski definition) is 1. The van der Waals surface area contributed by atoms with Crippen LogP contribution >= 0.6 is 0 Å². The summed E-state index contributed by atoms with van der Waals surface area (Å²) in [7, 11) is 0. The van der Waals surface area contributed by atoms with Crippen LogP contribution in [-0.4, -0.2) is 59.1 Å². The molecule has 4 nitrogen and oxygen atoms in total. The van der Waals surface area contributed by atoms with Gasteiger partial charge in [0.1, 0.15) is 0 Å². The van der Waals surface area contributed by atoms with E-state index in [4.69, 9.17) is 0 Å². The first-order valence-electron chi connectivity index (χ1n) is 10.4. The molecule has 4 heteroatoms. The van der Waals surface area contributed by atoms with Gasteiger partial charge in [-0.15, -0.1) is 0 Å². The summed E-state index contributed by atoms with van der Waals surface area (Å²) in [5.41, 5.74) is 4.96. The van der Waals surface area contributed by atoms with Crippen LogP contribution in [0, 0.1) is 6.92 Å². The topological polar surface area (TPSA) is 43.8 Å². The number of hydrogen-bond acceptors (Lipinski definition) is 3. The number of carbonyl (C=O) groups is 1. The van der Waals surface area contributed by atoms with Gasteiger partial charge in [0.15, 0.2) is 0 Å². The number of rotatable bonds is 3. The molecule has 3 atom stereocenters. The van der Waals surface area contributed by atoms with Crippen molar-refractivity contribution >= 4 is 5.91 Å². The van der Waals surface area contributed by atoms with Gasteiger partial charge in [-0.25, -0.2) is 0 Å². The van der Waals surface area contributed by atoms with Gasteiger partial charge in [0.05, 0.1) is 6.61 Å². The monoisotopic (exact) mass is 378 g/mol. The highest BCUT2D eigenvalue weighted by atomic mass is 16.3. The lowest BCUT2D eigenvalue weighted by Crippen LogP contribution is -2.67. The highest BCUT2D eigenvalue weighted by molar-refractivity contribution is 5.73. The summed E-state index contributed by atoms with van der Waals surface area (Å²) in [6.45, 7) is 6.56. The molecule has 0 saturated carbocycles. The maximum absolute atomic E-state index is 12.0. The van der Waals surface area contributed by atoms with E-state index in [2.05, 4.69) is 60.4 Å². The van der Waals surface area contributed by atoms with Crippen molar-refractivity contribution in [3.63, 3.8) is 0 Å². The Kier molecular flexibility index (Phi) is 5.51. The summed E-state index contributed by atoms with van der Waals surface area (Å²) in [5.74, 6) is 0.430. The van der Waals surface area contributed by atoms with Gasteiger partial charge < -0.3 is 10.0 Å². The second-order valence-electron chi connectivity index (χ2n) is 8.24. The maximum Gasteiger partial charge on any atom is 0.219 e. The lowest BCUT2D eigenvalue weighted by molar-refractivity contribution is -0.134. The summed E-state index contributed by atoms with van der Waals surface area (Å²) in [4.78, 5) is 16.4. The van der Waals surface area contributed by atoms with Crippen LogP contribution in [0.5, 0.6) is 0 Å². The van der Waals surface area contributed by atoms with Crippen molar-refractivity contribution in [1.29, 1.82) is 0 Å². The van der Waals surface area contributed by atoms with E-state index < -0.39 is 0 Å². The predicted molar refractivity (Wildman–Crippen MR) is 112 cm³/mol. The smallest absolute Gasteiger partial charge is 0.219 e. The van der Waals surface area contributed by atoms with Crippen LogP contribution in [0.15, 0.2) is 48.5 Å². The van der Waals surface area contributed by atoms with Gasteiger partial charge in [0.25, 0.3) is 0 Å². The Balaban J connectivity index is 1.57. The largest absolute Gasteiger partial charge is 0.395 e. The van der Waals surface area contributed by atoms with Crippen molar-refractivity contribution in [3.05, 3.63) is 59.7 Å². The Morgan fingerprint density at radius 3 is 2.21 bits per heavy atom. The summed E-state index contributed by atoms with van der Waals surface area (Å²) < 4.78 is 0. The standard InChI is InChI=1S/C24H30N2O2/c1-17-5-7-19(8-6-17)20-9-11-21(12-10-20)24-22-15-25(18(2)28)13-3-4-14-26(22)23(24)16-27/h5-12,22-24,27H,3-4,13-16H2,1-2H3/t22-,23+,24+/m0/s1. The molecular weight excluding hydrogens is 348 g/mol. The Labute approximate surface area is 167 Å². The third-order valence-electron chi connectivity index (χ3n) is 6.50. The second-order valence-corrected chi connectivity index (χ2v) is 8.24. The number of aliphatic hydroxyl groups excluding tert-OH is 1. The third kappa shape index (κ3) is 3.59. The van der Waals surface area contributed by atoms with Crippen molar-refractivity contribution in [3.8, 4) is 11.1 Å². The molecule has 0 aromatic heterocycles. The second kappa shape index (κ2) is 8.06. The van der Waals surface area contributed by atoms with Gasteiger partial charge >= 0.3 is 0 Å². The molecule has 2 aromatic carbocycles. The fraction of sp³-hybridized carbons (Fsp3) is 0.458. The number of aryl methyl sites for hydroxylation is 1. The Morgan fingerprint density at radius 2 is 1.61 bits per heavy atom. The van der Waals surface area contributed by atoms with Crippen molar-refractivity contribution in [2.24, 2.45) is 0 Å². The van der Waals surface area contributed by atoms with E-state index in [-0.39, 0.29) is 24.5 Å². The van der Waals surface area contributed by atoms with E-state index in [1.807, 2.05) is 4.90 Å². The minimum absolute atomic E-state index is 0.155. The van der Waals surface area contributed by atoms with Gasteiger partial charge in [-0.1, -0.05) is 54.1 Å². The minimum atomic E-state index is 0.155. The normalized spacial score (nSPS) is 25.4. The summed E-state index contributed by atoms with van der Waals surface area (Å²) in [5, 5.41) is 10.0. The SMILES string of the molecule is CC(=O)N1CCCCN2[C@H](CO)[C@H](c3ccc(-c4ccc(C)cc4)cc3)[C@@H]2C1. The van der Waals surface area contributed by atoms with Gasteiger partial charge in [0.2, 0.25) is 5.91 Å². The molecule has 0 unspecified atom stereocenters. The van der Waals surface area contributed by atoms with Crippen LogP contribution in [0.2, 0.25) is 0 Å². The summed E-state index contributed by atoms with van der Waals surface area (Å²) in [6, 6.07) is 17.8. The minimum Gasteiger partial charge on any atom is -0.395 e. The maximum atomic E-state index is 12.0. The number of amides is 1. The predicted octanol–water partition coefficient (Wildman–Crippen LogP) is 3.43. The van der Waals surface area contributed by atoms with Crippen LogP contribution in [0.25, 0.3) is 11.1 Å². The van der Waals surface area contributed by atoms with Crippen molar-refractivity contribution in [2.45, 2.75) is 44.7 Å². The number of nitrogens with zero attached hydrogens (tertiary/aromatic N) is 2. The average Bonchev–Trinajstić information content (AvgIpc) is 2.67. The molecule has 4 rings (SSSR count). The molecule has 0 aliphatic carbocycles. The van der Waals surface area contributed by atoms with Crippen molar-refractivity contribution in [2.75, 3.05) is 26.2 Å². The zero-order valence-corrected chi connectivity index (χ0v) is 16.8. The number of carbonyl (C=O) groups excluding carboxylic acids is 1. The molecule has 2 aliphatic heterocycles.